The lowest BCUT2D eigenvalue weighted by molar-refractivity contribution is 0.329. The third-order valence-corrected chi connectivity index (χ3v) is 2.28. The molecule has 0 aliphatic carbocycles. The zero-order valence-corrected chi connectivity index (χ0v) is 9.42. The molecule has 0 bridgehead atoms. The Kier molecular flexibility index (Phi) is 4.52. The van der Waals surface area contributed by atoms with Gasteiger partial charge in [-0.25, -0.2) is 0 Å². The first kappa shape index (κ1) is 11.9. The molecule has 0 aromatic heterocycles. The van der Waals surface area contributed by atoms with Crippen molar-refractivity contribution in [2.45, 2.75) is 0 Å². The standard InChI is InChI=1S/C9H11Cl2N3O/c10-7-2-1-6(5-8(7)11)15-4-3-14-9(12)13/h1-2,5H,3-4H2,(H4,12,13,14). The van der Waals surface area contributed by atoms with Crippen molar-refractivity contribution in [3.05, 3.63) is 28.2 Å². The van der Waals surface area contributed by atoms with Gasteiger partial charge >= 0.3 is 0 Å². The summed E-state index contributed by atoms with van der Waals surface area (Å²) in [5.74, 6) is 0.683. The Morgan fingerprint density at radius 1 is 1.27 bits per heavy atom. The van der Waals surface area contributed by atoms with Crippen molar-refractivity contribution < 1.29 is 4.74 Å². The van der Waals surface area contributed by atoms with Crippen LogP contribution in [-0.2, 0) is 0 Å². The molecule has 1 aromatic rings. The van der Waals surface area contributed by atoms with Gasteiger partial charge in [0.25, 0.3) is 0 Å². The molecule has 0 spiro atoms. The molecule has 0 aliphatic rings. The number of aliphatic imine (C=N–C) groups is 1. The second-order valence-corrected chi connectivity index (χ2v) is 3.55. The van der Waals surface area contributed by atoms with Crippen LogP contribution >= 0.6 is 23.2 Å². The molecule has 4 nitrogen and oxygen atoms in total. The van der Waals surface area contributed by atoms with E-state index in [1.54, 1.807) is 18.2 Å². The lowest BCUT2D eigenvalue weighted by atomic mass is 10.3. The number of ether oxygens (including phenoxy) is 1. The minimum Gasteiger partial charge on any atom is -0.492 e. The van der Waals surface area contributed by atoms with Gasteiger partial charge in [-0.15, -0.1) is 0 Å². The second-order valence-electron chi connectivity index (χ2n) is 2.73. The van der Waals surface area contributed by atoms with Gasteiger partial charge in [-0.1, -0.05) is 23.2 Å². The zero-order valence-electron chi connectivity index (χ0n) is 7.91. The quantitative estimate of drug-likeness (QED) is 0.483. The topological polar surface area (TPSA) is 73.6 Å². The molecule has 0 heterocycles. The van der Waals surface area contributed by atoms with Gasteiger partial charge in [0.05, 0.1) is 16.6 Å². The van der Waals surface area contributed by atoms with Gasteiger partial charge in [0.15, 0.2) is 5.96 Å². The lowest BCUT2D eigenvalue weighted by Crippen LogP contribution is -2.23. The lowest BCUT2D eigenvalue weighted by Gasteiger charge is -2.05. The fourth-order valence-electron chi connectivity index (χ4n) is 0.905. The minimum atomic E-state index is 0.0488. The molecule has 0 saturated heterocycles. The van der Waals surface area contributed by atoms with Crippen LogP contribution in [0.4, 0.5) is 0 Å². The number of nitrogens with zero attached hydrogens (tertiary/aromatic N) is 1. The van der Waals surface area contributed by atoms with Crippen LogP contribution in [0.5, 0.6) is 5.75 Å². The Bertz CT molecular complexity index is 364. The van der Waals surface area contributed by atoms with Crippen LogP contribution in [-0.4, -0.2) is 19.1 Å². The largest absolute Gasteiger partial charge is 0.492 e. The smallest absolute Gasteiger partial charge is 0.186 e. The predicted octanol–water partition coefficient (Wildman–Crippen LogP) is 1.65. The van der Waals surface area contributed by atoms with Gasteiger partial charge in [-0.3, -0.25) is 4.99 Å². The Labute approximate surface area is 97.8 Å². The number of halogens is 2. The van der Waals surface area contributed by atoms with Crippen molar-refractivity contribution in [3.8, 4) is 5.75 Å². The first-order chi connectivity index (χ1) is 7.09. The average Bonchev–Trinajstić information content (AvgIpc) is 2.18. The summed E-state index contributed by atoms with van der Waals surface area (Å²) >= 11 is 11.5. The van der Waals surface area contributed by atoms with Crippen molar-refractivity contribution in [1.29, 1.82) is 0 Å². The molecule has 0 aliphatic heterocycles. The molecule has 0 atom stereocenters. The van der Waals surface area contributed by atoms with E-state index in [-0.39, 0.29) is 5.96 Å². The summed E-state index contributed by atoms with van der Waals surface area (Å²) in [5, 5.41) is 0.948. The van der Waals surface area contributed by atoms with Crippen molar-refractivity contribution in [2.75, 3.05) is 13.2 Å². The van der Waals surface area contributed by atoms with E-state index in [4.69, 9.17) is 39.4 Å². The number of benzene rings is 1. The first-order valence-electron chi connectivity index (χ1n) is 4.23. The zero-order chi connectivity index (χ0) is 11.3. The van der Waals surface area contributed by atoms with E-state index >= 15 is 0 Å². The molecule has 4 N–H and O–H groups in total. The van der Waals surface area contributed by atoms with Crippen LogP contribution < -0.4 is 16.2 Å². The van der Waals surface area contributed by atoms with Crippen molar-refractivity contribution in [3.63, 3.8) is 0 Å². The van der Waals surface area contributed by atoms with Crippen LogP contribution in [0.25, 0.3) is 0 Å². The monoisotopic (exact) mass is 247 g/mol. The van der Waals surface area contributed by atoms with Crippen LogP contribution in [0.15, 0.2) is 23.2 Å². The number of rotatable bonds is 4. The molecule has 1 rings (SSSR count). The summed E-state index contributed by atoms with van der Waals surface area (Å²) in [5.41, 5.74) is 10.3. The summed E-state index contributed by atoms with van der Waals surface area (Å²) in [4.78, 5) is 3.77. The maximum Gasteiger partial charge on any atom is 0.186 e. The Balaban J connectivity index is 2.44. The third kappa shape index (κ3) is 4.27. The van der Waals surface area contributed by atoms with Crippen LogP contribution in [0.2, 0.25) is 10.0 Å². The van der Waals surface area contributed by atoms with Gasteiger partial charge in [0.1, 0.15) is 12.4 Å². The van der Waals surface area contributed by atoms with E-state index in [1.807, 2.05) is 0 Å². The number of nitrogens with two attached hydrogens (primary N) is 2. The first-order valence-corrected chi connectivity index (χ1v) is 4.98. The molecule has 82 valence electrons. The number of hydrogen-bond donors (Lipinski definition) is 2. The molecular formula is C9H11Cl2N3O. The Morgan fingerprint density at radius 3 is 2.60 bits per heavy atom. The van der Waals surface area contributed by atoms with Crippen molar-refractivity contribution >= 4 is 29.2 Å². The molecule has 1 aromatic carbocycles. The van der Waals surface area contributed by atoms with E-state index in [9.17, 15) is 0 Å². The summed E-state index contributed by atoms with van der Waals surface area (Å²) in [6.45, 7) is 0.790. The van der Waals surface area contributed by atoms with Crippen molar-refractivity contribution in [2.24, 2.45) is 16.5 Å². The van der Waals surface area contributed by atoms with Crippen molar-refractivity contribution in [1.82, 2.24) is 0 Å². The molecule has 0 fully saturated rings. The molecule has 6 heteroatoms. The van der Waals surface area contributed by atoms with E-state index in [2.05, 4.69) is 4.99 Å². The molecule has 0 radical (unpaired) electrons. The Morgan fingerprint density at radius 2 is 2.00 bits per heavy atom. The van der Waals surface area contributed by atoms with Gasteiger partial charge in [-0.05, 0) is 12.1 Å². The molecule has 0 saturated carbocycles. The molecule has 0 unspecified atom stereocenters. The van der Waals surface area contributed by atoms with Crippen LogP contribution in [0.1, 0.15) is 0 Å². The molecule has 15 heavy (non-hydrogen) atoms. The molecular weight excluding hydrogens is 237 g/mol. The maximum absolute atomic E-state index is 5.80. The highest BCUT2D eigenvalue weighted by molar-refractivity contribution is 6.42. The number of guanidine groups is 1. The van der Waals surface area contributed by atoms with Gasteiger partial charge < -0.3 is 16.2 Å². The van der Waals surface area contributed by atoms with Crippen LogP contribution in [0.3, 0.4) is 0 Å². The minimum absolute atomic E-state index is 0.0488. The van der Waals surface area contributed by atoms with E-state index in [0.29, 0.717) is 28.9 Å². The van der Waals surface area contributed by atoms with Gasteiger partial charge in [0, 0.05) is 6.07 Å². The highest BCUT2D eigenvalue weighted by atomic mass is 35.5. The van der Waals surface area contributed by atoms with E-state index in [1.165, 1.54) is 0 Å². The van der Waals surface area contributed by atoms with E-state index < -0.39 is 0 Å². The highest BCUT2D eigenvalue weighted by Gasteiger charge is 1.99. The van der Waals surface area contributed by atoms with E-state index in [0.717, 1.165) is 0 Å². The second kappa shape index (κ2) is 5.68. The van der Waals surface area contributed by atoms with Crippen LogP contribution in [0, 0.1) is 0 Å². The SMILES string of the molecule is NC(N)=NCCOc1ccc(Cl)c(Cl)c1. The predicted molar refractivity (Wildman–Crippen MR) is 62.6 cm³/mol. The summed E-state index contributed by atoms with van der Waals surface area (Å²) in [7, 11) is 0. The Hall–Kier alpha value is -1.13. The fraction of sp³-hybridized carbons (Fsp3) is 0.222. The summed E-state index contributed by atoms with van der Waals surface area (Å²) in [6.07, 6.45) is 0. The highest BCUT2D eigenvalue weighted by Crippen LogP contribution is 2.26. The third-order valence-electron chi connectivity index (χ3n) is 1.55. The van der Waals surface area contributed by atoms with Gasteiger partial charge in [0.2, 0.25) is 0 Å². The fourth-order valence-corrected chi connectivity index (χ4v) is 1.19. The maximum atomic E-state index is 5.80. The molecule has 0 amide bonds. The summed E-state index contributed by atoms with van der Waals surface area (Å²) < 4.78 is 5.33. The average molecular weight is 248 g/mol. The summed E-state index contributed by atoms with van der Waals surface area (Å²) in [6, 6.07) is 5.03. The number of hydrogen-bond acceptors (Lipinski definition) is 2. The normalized spacial score (nSPS) is 9.73. The van der Waals surface area contributed by atoms with Gasteiger partial charge in [-0.2, -0.15) is 0 Å².